The topological polar surface area (TPSA) is 30.2 Å². The molecule has 0 spiro atoms. The minimum absolute atomic E-state index is 0.277. The maximum absolute atomic E-state index is 10.5. The second kappa shape index (κ2) is 4.32. The number of aryl methyl sites for hydroxylation is 1. The number of halogens is 2. The maximum atomic E-state index is 10.5. The number of rotatable bonds is 2. The highest BCUT2D eigenvalue weighted by Gasteiger charge is 2.10. The van der Waals surface area contributed by atoms with Crippen molar-refractivity contribution in [3.05, 3.63) is 45.6 Å². The van der Waals surface area contributed by atoms with Crippen LogP contribution in [0.1, 0.15) is 16.1 Å². The molecule has 1 heterocycles. The van der Waals surface area contributed by atoms with Crippen molar-refractivity contribution in [3.8, 4) is 11.3 Å². The van der Waals surface area contributed by atoms with Crippen LogP contribution in [0, 0.1) is 6.92 Å². The fraction of sp³-hybridized carbons (Fsp3) is 0.0833. The van der Waals surface area contributed by atoms with Crippen LogP contribution in [0.3, 0.4) is 0 Å². The number of carbonyl (C=O) groups is 1. The lowest BCUT2D eigenvalue weighted by Gasteiger charge is -2.04. The van der Waals surface area contributed by atoms with Crippen LogP contribution in [-0.4, -0.2) is 6.29 Å². The monoisotopic (exact) mass is 254 g/mol. The van der Waals surface area contributed by atoms with E-state index in [0.717, 1.165) is 11.1 Å². The summed E-state index contributed by atoms with van der Waals surface area (Å²) in [5.74, 6) is 0.838. The Balaban J connectivity index is 2.55. The van der Waals surface area contributed by atoms with E-state index in [4.69, 9.17) is 27.6 Å². The quantitative estimate of drug-likeness (QED) is 0.745. The molecular weight excluding hydrogens is 247 g/mol. The first-order valence-corrected chi connectivity index (χ1v) is 5.38. The maximum Gasteiger partial charge on any atom is 0.185 e. The highest BCUT2D eigenvalue weighted by Crippen LogP contribution is 2.33. The van der Waals surface area contributed by atoms with Crippen LogP contribution >= 0.6 is 23.2 Å². The van der Waals surface area contributed by atoms with Gasteiger partial charge in [0.15, 0.2) is 12.0 Å². The van der Waals surface area contributed by atoms with Crippen LogP contribution < -0.4 is 0 Å². The summed E-state index contributed by atoms with van der Waals surface area (Å²) in [5.41, 5.74) is 1.64. The van der Waals surface area contributed by atoms with E-state index < -0.39 is 0 Å². The van der Waals surface area contributed by atoms with Gasteiger partial charge in [-0.15, -0.1) is 0 Å². The summed E-state index contributed by atoms with van der Waals surface area (Å²) in [4.78, 5) is 10.5. The predicted octanol–water partition coefficient (Wildman–Crippen LogP) is 4.37. The van der Waals surface area contributed by atoms with Gasteiger partial charge in [0.1, 0.15) is 5.76 Å². The third kappa shape index (κ3) is 1.99. The van der Waals surface area contributed by atoms with Gasteiger partial charge in [-0.2, -0.15) is 0 Å². The number of carbonyl (C=O) groups excluding carboxylic acids is 1. The van der Waals surface area contributed by atoms with E-state index in [2.05, 4.69) is 0 Å². The van der Waals surface area contributed by atoms with Crippen LogP contribution in [0.25, 0.3) is 11.3 Å². The fourth-order valence-corrected chi connectivity index (χ4v) is 1.88. The lowest BCUT2D eigenvalue weighted by atomic mass is 10.1. The smallest absolute Gasteiger partial charge is 0.185 e. The van der Waals surface area contributed by atoms with E-state index in [9.17, 15) is 4.79 Å². The van der Waals surface area contributed by atoms with Gasteiger partial charge in [0.05, 0.1) is 5.02 Å². The van der Waals surface area contributed by atoms with Crippen LogP contribution in [0.4, 0.5) is 0 Å². The zero-order valence-electron chi connectivity index (χ0n) is 8.46. The standard InChI is InChI=1S/C12H8Cl2O2/c1-7-4-9(11(14)5-10(7)13)12-3-2-8(6-15)16-12/h2-6H,1H3. The summed E-state index contributed by atoms with van der Waals surface area (Å²) < 4.78 is 5.30. The van der Waals surface area contributed by atoms with Gasteiger partial charge in [-0.3, -0.25) is 4.79 Å². The van der Waals surface area contributed by atoms with Crippen molar-refractivity contribution in [2.45, 2.75) is 6.92 Å². The Hall–Kier alpha value is -1.25. The second-order valence-electron chi connectivity index (χ2n) is 3.40. The largest absolute Gasteiger partial charge is 0.453 e. The molecule has 2 nitrogen and oxygen atoms in total. The summed E-state index contributed by atoms with van der Waals surface area (Å²) in [6.07, 6.45) is 0.653. The van der Waals surface area contributed by atoms with Crippen molar-refractivity contribution in [2.24, 2.45) is 0 Å². The molecule has 0 fully saturated rings. The summed E-state index contributed by atoms with van der Waals surface area (Å²) in [6, 6.07) is 6.80. The molecule has 0 aliphatic rings. The third-order valence-electron chi connectivity index (χ3n) is 2.26. The highest BCUT2D eigenvalue weighted by atomic mass is 35.5. The SMILES string of the molecule is Cc1cc(-c2ccc(C=O)o2)c(Cl)cc1Cl. The molecule has 4 heteroatoms. The van der Waals surface area contributed by atoms with Gasteiger partial charge in [0.25, 0.3) is 0 Å². The molecule has 82 valence electrons. The van der Waals surface area contributed by atoms with E-state index >= 15 is 0 Å². The Bertz CT molecular complexity index is 544. The fourth-order valence-electron chi connectivity index (χ4n) is 1.41. The van der Waals surface area contributed by atoms with Gasteiger partial charge in [0, 0.05) is 10.6 Å². The number of benzene rings is 1. The summed E-state index contributed by atoms with van der Waals surface area (Å²) in [5, 5.41) is 1.11. The van der Waals surface area contributed by atoms with Gasteiger partial charge in [-0.05, 0) is 36.8 Å². The Kier molecular flexibility index (Phi) is 3.03. The Labute approximate surface area is 103 Å². The van der Waals surface area contributed by atoms with E-state index in [1.807, 2.05) is 13.0 Å². The Morgan fingerprint density at radius 2 is 1.94 bits per heavy atom. The van der Waals surface area contributed by atoms with Crippen molar-refractivity contribution in [3.63, 3.8) is 0 Å². The predicted molar refractivity (Wildman–Crippen MR) is 64.3 cm³/mol. The molecule has 0 aliphatic heterocycles. The Morgan fingerprint density at radius 3 is 2.56 bits per heavy atom. The number of hydrogen-bond acceptors (Lipinski definition) is 2. The lowest BCUT2D eigenvalue weighted by Crippen LogP contribution is -1.81. The summed E-state index contributed by atoms with van der Waals surface area (Å²) in [7, 11) is 0. The molecule has 0 amide bonds. The first-order valence-electron chi connectivity index (χ1n) is 4.63. The van der Waals surface area contributed by atoms with Crippen molar-refractivity contribution < 1.29 is 9.21 Å². The molecule has 16 heavy (non-hydrogen) atoms. The highest BCUT2D eigenvalue weighted by molar-refractivity contribution is 6.36. The third-order valence-corrected chi connectivity index (χ3v) is 2.98. The van der Waals surface area contributed by atoms with Crippen LogP contribution in [-0.2, 0) is 0 Å². The van der Waals surface area contributed by atoms with E-state index in [1.54, 1.807) is 18.2 Å². The lowest BCUT2D eigenvalue weighted by molar-refractivity contribution is 0.110. The van der Waals surface area contributed by atoms with Crippen LogP contribution in [0.2, 0.25) is 10.0 Å². The second-order valence-corrected chi connectivity index (χ2v) is 4.22. The first-order chi connectivity index (χ1) is 7.61. The minimum atomic E-state index is 0.277. The molecule has 1 aromatic heterocycles. The van der Waals surface area contributed by atoms with Crippen LogP contribution in [0.15, 0.2) is 28.7 Å². The molecule has 0 saturated carbocycles. The van der Waals surface area contributed by atoms with Gasteiger partial charge in [-0.25, -0.2) is 0 Å². The zero-order chi connectivity index (χ0) is 11.7. The van der Waals surface area contributed by atoms with E-state index in [0.29, 0.717) is 22.1 Å². The van der Waals surface area contributed by atoms with Gasteiger partial charge < -0.3 is 4.42 Å². The van der Waals surface area contributed by atoms with Crippen molar-refractivity contribution in [1.82, 2.24) is 0 Å². The average Bonchev–Trinajstić information content (AvgIpc) is 2.71. The van der Waals surface area contributed by atoms with E-state index in [-0.39, 0.29) is 5.76 Å². The Morgan fingerprint density at radius 1 is 1.19 bits per heavy atom. The molecule has 0 atom stereocenters. The van der Waals surface area contributed by atoms with Crippen molar-refractivity contribution in [2.75, 3.05) is 0 Å². The number of hydrogen-bond donors (Lipinski definition) is 0. The van der Waals surface area contributed by atoms with Gasteiger partial charge in [0.2, 0.25) is 0 Å². The number of furan rings is 1. The molecule has 0 bridgehead atoms. The molecule has 2 rings (SSSR count). The molecule has 0 saturated heterocycles. The zero-order valence-corrected chi connectivity index (χ0v) is 9.97. The van der Waals surface area contributed by atoms with Crippen molar-refractivity contribution >= 4 is 29.5 Å². The summed E-state index contributed by atoms with van der Waals surface area (Å²) >= 11 is 12.0. The van der Waals surface area contributed by atoms with Crippen molar-refractivity contribution in [1.29, 1.82) is 0 Å². The molecule has 2 aromatic rings. The van der Waals surface area contributed by atoms with Crippen LogP contribution in [0.5, 0.6) is 0 Å². The normalized spacial score (nSPS) is 10.4. The minimum Gasteiger partial charge on any atom is -0.453 e. The van der Waals surface area contributed by atoms with E-state index in [1.165, 1.54) is 0 Å². The molecule has 0 aliphatic carbocycles. The summed E-state index contributed by atoms with van der Waals surface area (Å²) in [6.45, 7) is 1.88. The molecule has 0 N–H and O–H groups in total. The first kappa shape index (κ1) is 11.2. The van der Waals surface area contributed by atoms with Gasteiger partial charge in [-0.1, -0.05) is 23.2 Å². The molecule has 0 radical (unpaired) electrons. The van der Waals surface area contributed by atoms with Gasteiger partial charge >= 0.3 is 0 Å². The molecular formula is C12H8Cl2O2. The molecule has 0 unspecified atom stereocenters. The number of aldehydes is 1. The molecule has 1 aromatic carbocycles. The average molecular weight is 255 g/mol.